The zero-order valence-electron chi connectivity index (χ0n) is 15.6. The molecule has 1 aromatic rings. The van der Waals surface area contributed by atoms with Crippen LogP contribution in [-0.2, 0) is 16.0 Å². The number of fused-ring (bicyclic) bond motifs is 3. The molecular formula is C21H19NO7. The van der Waals surface area contributed by atoms with E-state index in [-0.39, 0.29) is 35.5 Å². The van der Waals surface area contributed by atoms with Crippen LogP contribution in [0.4, 0.5) is 0 Å². The average Bonchev–Trinajstić information content (AvgIpc) is 2.60. The van der Waals surface area contributed by atoms with Crippen LogP contribution in [0.1, 0.15) is 46.0 Å². The number of aromatic hydroxyl groups is 1. The third kappa shape index (κ3) is 2.59. The fourth-order valence-electron chi connectivity index (χ4n) is 4.97. The lowest BCUT2D eigenvalue weighted by Gasteiger charge is -2.41. The van der Waals surface area contributed by atoms with Crippen LogP contribution in [0, 0.1) is 17.8 Å². The summed E-state index contributed by atoms with van der Waals surface area (Å²) in [6, 6.07) is 2.72. The molecule has 1 aromatic carbocycles. The van der Waals surface area contributed by atoms with Gasteiger partial charge in [-0.1, -0.05) is 0 Å². The third-order valence-electron chi connectivity index (χ3n) is 6.15. The molecule has 0 spiro atoms. The van der Waals surface area contributed by atoms with Crippen LogP contribution in [-0.4, -0.2) is 38.6 Å². The van der Waals surface area contributed by atoms with Gasteiger partial charge in [0.25, 0.3) is 5.91 Å². The highest BCUT2D eigenvalue weighted by Gasteiger charge is 2.50. The van der Waals surface area contributed by atoms with Gasteiger partial charge in [-0.2, -0.15) is 0 Å². The van der Waals surface area contributed by atoms with Crippen LogP contribution in [0.15, 0.2) is 34.8 Å². The summed E-state index contributed by atoms with van der Waals surface area (Å²) >= 11 is 0. The van der Waals surface area contributed by atoms with Crippen molar-refractivity contribution in [2.45, 2.75) is 26.2 Å². The minimum absolute atomic E-state index is 0.00770. The second kappa shape index (κ2) is 6.30. The number of allylic oxidation sites excluding steroid dienone is 3. The standard InChI is InChI=1S/C21H19NO7/c1-7(23)10-2-3-12(24)16-11(10)5-8-4-9-6-13(25)17(21(22)29)20(28)15(9)18(26)14(8)19(16)27/h2-3,8-9,15,24-26H,4-6H2,1H3,(H2,22,29). The van der Waals surface area contributed by atoms with Crippen LogP contribution >= 0.6 is 0 Å². The molecule has 8 nitrogen and oxygen atoms in total. The number of primary amides is 1. The maximum absolute atomic E-state index is 13.2. The number of carbonyl (C=O) groups excluding carboxylic acids is 4. The molecule has 1 amide bonds. The normalized spacial score (nSPS) is 26.0. The van der Waals surface area contributed by atoms with Crippen LogP contribution in [0.25, 0.3) is 0 Å². The molecule has 29 heavy (non-hydrogen) atoms. The number of benzene rings is 1. The Bertz CT molecular complexity index is 1080. The first kappa shape index (κ1) is 18.9. The van der Waals surface area contributed by atoms with E-state index in [1.165, 1.54) is 19.1 Å². The van der Waals surface area contributed by atoms with Gasteiger partial charge in [-0.15, -0.1) is 0 Å². The largest absolute Gasteiger partial charge is 0.511 e. The highest BCUT2D eigenvalue weighted by Crippen LogP contribution is 2.49. The molecule has 3 atom stereocenters. The lowest BCUT2D eigenvalue weighted by Crippen LogP contribution is -2.43. The Morgan fingerprint density at radius 3 is 2.41 bits per heavy atom. The van der Waals surface area contributed by atoms with E-state index in [9.17, 15) is 34.5 Å². The predicted molar refractivity (Wildman–Crippen MR) is 99.4 cm³/mol. The van der Waals surface area contributed by atoms with Crippen molar-refractivity contribution in [2.24, 2.45) is 23.5 Å². The number of hydrogen-bond acceptors (Lipinski definition) is 7. The molecule has 0 radical (unpaired) electrons. The summed E-state index contributed by atoms with van der Waals surface area (Å²) in [5, 5.41) is 31.2. The number of ketones is 3. The molecule has 5 N–H and O–H groups in total. The Morgan fingerprint density at radius 1 is 1.10 bits per heavy atom. The lowest BCUT2D eigenvalue weighted by molar-refractivity contribution is -0.126. The maximum Gasteiger partial charge on any atom is 0.255 e. The number of phenolic OH excluding ortho intramolecular Hbond substituents is 1. The molecule has 0 saturated carbocycles. The molecule has 0 heterocycles. The van der Waals surface area contributed by atoms with Gasteiger partial charge in [-0.05, 0) is 49.3 Å². The van der Waals surface area contributed by atoms with Gasteiger partial charge in [0.1, 0.15) is 22.8 Å². The molecule has 3 unspecified atom stereocenters. The first-order valence-corrected chi connectivity index (χ1v) is 9.23. The van der Waals surface area contributed by atoms with E-state index >= 15 is 0 Å². The van der Waals surface area contributed by atoms with Gasteiger partial charge in [0.05, 0.1) is 11.5 Å². The molecule has 3 aliphatic carbocycles. The zero-order valence-corrected chi connectivity index (χ0v) is 15.6. The highest BCUT2D eigenvalue weighted by molar-refractivity contribution is 6.22. The fourth-order valence-corrected chi connectivity index (χ4v) is 4.97. The quantitative estimate of drug-likeness (QED) is 0.437. The molecule has 3 aliphatic rings. The number of nitrogens with two attached hydrogens (primary N) is 1. The summed E-state index contributed by atoms with van der Waals surface area (Å²) in [5.41, 5.74) is 5.34. The summed E-state index contributed by atoms with van der Waals surface area (Å²) < 4.78 is 0. The lowest BCUT2D eigenvalue weighted by atomic mass is 9.62. The van der Waals surface area contributed by atoms with Crippen molar-refractivity contribution in [3.63, 3.8) is 0 Å². The molecule has 0 saturated heterocycles. The topological polar surface area (TPSA) is 155 Å². The zero-order chi connectivity index (χ0) is 21.2. The third-order valence-corrected chi connectivity index (χ3v) is 6.15. The number of phenols is 1. The fraction of sp³-hybridized carbons (Fsp3) is 0.333. The molecule has 0 fully saturated rings. The predicted octanol–water partition coefficient (Wildman–Crippen LogP) is 1.67. The summed E-state index contributed by atoms with van der Waals surface area (Å²) in [6.07, 6.45) is 0.502. The minimum Gasteiger partial charge on any atom is -0.511 e. The van der Waals surface area contributed by atoms with Gasteiger partial charge in [-0.25, -0.2) is 0 Å². The SMILES string of the molecule is CC(=O)c1ccc(O)c2c1CC1CC3CC(O)=C(C(N)=O)C(=O)C3C(O)=C1C2=O. The van der Waals surface area contributed by atoms with Crippen molar-refractivity contribution in [2.75, 3.05) is 0 Å². The van der Waals surface area contributed by atoms with Crippen LogP contribution in [0.5, 0.6) is 5.75 Å². The second-order valence-corrected chi connectivity index (χ2v) is 7.80. The molecular weight excluding hydrogens is 378 g/mol. The number of amides is 1. The number of rotatable bonds is 2. The number of hydrogen-bond donors (Lipinski definition) is 4. The van der Waals surface area contributed by atoms with Crippen LogP contribution in [0.2, 0.25) is 0 Å². The van der Waals surface area contributed by atoms with E-state index in [0.29, 0.717) is 17.5 Å². The van der Waals surface area contributed by atoms with Gasteiger partial charge < -0.3 is 21.1 Å². The van der Waals surface area contributed by atoms with Gasteiger partial charge in [-0.3, -0.25) is 19.2 Å². The first-order valence-electron chi connectivity index (χ1n) is 9.23. The van der Waals surface area contributed by atoms with Gasteiger partial charge in [0.2, 0.25) is 0 Å². The highest BCUT2D eigenvalue weighted by atomic mass is 16.3. The molecule has 8 heteroatoms. The number of Topliss-reactive ketones (excluding diaryl/α,β-unsaturated/α-hetero) is 3. The summed E-state index contributed by atoms with van der Waals surface area (Å²) in [5.74, 6) is -6.10. The summed E-state index contributed by atoms with van der Waals surface area (Å²) in [4.78, 5) is 49.5. The van der Waals surface area contributed by atoms with E-state index in [4.69, 9.17) is 5.73 Å². The van der Waals surface area contributed by atoms with E-state index in [2.05, 4.69) is 0 Å². The molecule has 0 aromatic heterocycles. The van der Waals surface area contributed by atoms with Gasteiger partial charge >= 0.3 is 0 Å². The summed E-state index contributed by atoms with van der Waals surface area (Å²) in [6.45, 7) is 1.37. The van der Waals surface area contributed by atoms with Crippen molar-refractivity contribution in [3.8, 4) is 5.75 Å². The van der Waals surface area contributed by atoms with Crippen LogP contribution < -0.4 is 5.73 Å². The van der Waals surface area contributed by atoms with Crippen molar-refractivity contribution in [3.05, 3.63) is 51.5 Å². The smallest absolute Gasteiger partial charge is 0.255 e. The Morgan fingerprint density at radius 2 is 1.79 bits per heavy atom. The van der Waals surface area contributed by atoms with Gasteiger partial charge in [0.15, 0.2) is 17.3 Å². The Balaban J connectivity index is 1.88. The van der Waals surface area contributed by atoms with Crippen molar-refractivity contribution >= 4 is 23.3 Å². The molecule has 150 valence electrons. The average molecular weight is 397 g/mol. The first-order chi connectivity index (χ1) is 13.6. The molecule has 0 aliphatic heterocycles. The van der Waals surface area contributed by atoms with Crippen molar-refractivity contribution < 1.29 is 34.5 Å². The van der Waals surface area contributed by atoms with E-state index in [1.54, 1.807) is 0 Å². The van der Waals surface area contributed by atoms with Crippen molar-refractivity contribution in [1.29, 1.82) is 0 Å². The number of carbonyl (C=O) groups is 4. The van der Waals surface area contributed by atoms with Gasteiger partial charge in [0, 0.05) is 17.6 Å². The second-order valence-electron chi connectivity index (χ2n) is 7.80. The van der Waals surface area contributed by atoms with Crippen LogP contribution in [0.3, 0.4) is 0 Å². The molecule has 0 bridgehead atoms. The maximum atomic E-state index is 13.2. The van der Waals surface area contributed by atoms with E-state index < -0.39 is 52.3 Å². The Labute approximate surface area is 165 Å². The van der Waals surface area contributed by atoms with E-state index in [0.717, 1.165) is 0 Å². The molecule has 4 rings (SSSR count). The number of aliphatic hydroxyl groups excluding tert-OH is 2. The van der Waals surface area contributed by atoms with Crippen molar-refractivity contribution in [1.82, 2.24) is 0 Å². The summed E-state index contributed by atoms with van der Waals surface area (Å²) in [7, 11) is 0. The monoisotopic (exact) mass is 397 g/mol. The minimum atomic E-state index is -1.15. The number of aliphatic hydroxyl groups is 2. The Kier molecular flexibility index (Phi) is 4.11. The Hall–Kier alpha value is -3.42. The van der Waals surface area contributed by atoms with E-state index in [1.807, 2.05) is 0 Å².